The van der Waals surface area contributed by atoms with Gasteiger partial charge in [-0.1, -0.05) is 0 Å². The number of nitrogen functional groups attached to an aromatic ring is 1. The van der Waals surface area contributed by atoms with Gasteiger partial charge in [0.1, 0.15) is 0 Å². The topological polar surface area (TPSA) is 26.0 Å². The molecule has 0 saturated heterocycles. The molecule has 0 spiro atoms. The molecule has 2 rings (SSSR count). The van der Waals surface area contributed by atoms with Gasteiger partial charge < -0.3 is 5.73 Å². The van der Waals surface area contributed by atoms with Crippen LogP contribution in [0.4, 0.5) is 5.69 Å². The molecule has 1 aromatic rings. The van der Waals surface area contributed by atoms with E-state index in [1.807, 2.05) is 0 Å². The highest BCUT2D eigenvalue weighted by atomic mass is 79.9. The molecule has 1 aliphatic carbocycles. The summed E-state index contributed by atoms with van der Waals surface area (Å²) >= 11 is 3.54. The average Bonchev–Trinajstić information content (AvgIpc) is 2.48. The second kappa shape index (κ2) is 2.77. The molecule has 0 saturated carbocycles. The molecule has 64 valence electrons. The lowest BCUT2D eigenvalue weighted by molar-refractivity contribution is 0.908. The molecular weight excluding hydrogens is 214 g/mol. The van der Waals surface area contributed by atoms with Crippen LogP contribution in [0.1, 0.15) is 23.1 Å². The van der Waals surface area contributed by atoms with Gasteiger partial charge in [0.2, 0.25) is 0 Å². The zero-order valence-corrected chi connectivity index (χ0v) is 8.74. The van der Waals surface area contributed by atoms with E-state index in [0.29, 0.717) is 0 Å². The van der Waals surface area contributed by atoms with Gasteiger partial charge in [-0.25, -0.2) is 0 Å². The second-order valence-electron chi connectivity index (χ2n) is 3.41. The predicted octanol–water partition coefficient (Wildman–Crippen LogP) is 2.83. The maximum atomic E-state index is 5.85. The molecule has 0 heterocycles. The predicted molar refractivity (Wildman–Crippen MR) is 55.3 cm³/mol. The lowest BCUT2D eigenvalue weighted by Gasteiger charge is -2.08. The second-order valence-corrected chi connectivity index (χ2v) is 4.20. The van der Waals surface area contributed by atoms with Gasteiger partial charge in [-0.05, 0) is 64.9 Å². The van der Waals surface area contributed by atoms with Crippen LogP contribution in [0.15, 0.2) is 10.5 Å². The van der Waals surface area contributed by atoms with E-state index in [0.717, 1.165) is 10.2 Å². The van der Waals surface area contributed by atoms with E-state index in [4.69, 9.17) is 5.73 Å². The SMILES string of the molecule is Cc1cc(N)c(Br)c2c1CCC2. The molecule has 2 heteroatoms. The zero-order chi connectivity index (χ0) is 8.72. The first-order valence-electron chi connectivity index (χ1n) is 4.26. The van der Waals surface area contributed by atoms with Crippen molar-refractivity contribution >= 4 is 21.6 Å². The van der Waals surface area contributed by atoms with Crippen molar-refractivity contribution in [2.75, 3.05) is 5.73 Å². The van der Waals surface area contributed by atoms with Crippen molar-refractivity contribution in [2.24, 2.45) is 0 Å². The fourth-order valence-electron chi connectivity index (χ4n) is 1.98. The highest BCUT2D eigenvalue weighted by molar-refractivity contribution is 9.10. The minimum atomic E-state index is 0.883. The molecule has 2 N–H and O–H groups in total. The minimum Gasteiger partial charge on any atom is -0.398 e. The molecule has 0 aromatic heterocycles. The van der Waals surface area contributed by atoms with E-state index >= 15 is 0 Å². The van der Waals surface area contributed by atoms with E-state index in [-0.39, 0.29) is 0 Å². The Kier molecular flexibility index (Phi) is 1.87. The highest BCUT2D eigenvalue weighted by Crippen LogP contribution is 2.35. The summed E-state index contributed by atoms with van der Waals surface area (Å²) < 4.78 is 1.13. The number of rotatable bonds is 0. The standard InChI is InChI=1S/C10H12BrN/c1-6-5-9(12)10(11)8-4-2-3-7(6)8/h5H,2-4,12H2,1H3. The van der Waals surface area contributed by atoms with Gasteiger partial charge in [0.25, 0.3) is 0 Å². The number of fused-ring (bicyclic) bond motifs is 1. The Morgan fingerprint density at radius 1 is 1.33 bits per heavy atom. The van der Waals surface area contributed by atoms with Crippen LogP contribution >= 0.6 is 15.9 Å². The Balaban J connectivity index is 2.69. The van der Waals surface area contributed by atoms with Crippen molar-refractivity contribution in [3.05, 3.63) is 27.2 Å². The molecule has 1 aromatic carbocycles. The molecule has 0 amide bonds. The maximum Gasteiger partial charge on any atom is 0.0464 e. The van der Waals surface area contributed by atoms with Crippen LogP contribution in [0.2, 0.25) is 0 Å². The lowest BCUT2D eigenvalue weighted by Crippen LogP contribution is -1.95. The third-order valence-corrected chi connectivity index (χ3v) is 3.52. The Morgan fingerprint density at radius 2 is 2.00 bits per heavy atom. The van der Waals surface area contributed by atoms with Crippen molar-refractivity contribution in [3.8, 4) is 0 Å². The van der Waals surface area contributed by atoms with Crippen molar-refractivity contribution in [1.29, 1.82) is 0 Å². The summed E-state index contributed by atoms with van der Waals surface area (Å²) in [6.45, 7) is 2.15. The Hall–Kier alpha value is -0.500. The minimum absolute atomic E-state index is 0.883. The van der Waals surface area contributed by atoms with Crippen molar-refractivity contribution in [1.82, 2.24) is 0 Å². The fraction of sp³-hybridized carbons (Fsp3) is 0.400. The molecule has 0 fully saturated rings. The Morgan fingerprint density at radius 3 is 2.75 bits per heavy atom. The number of hydrogen-bond donors (Lipinski definition) is 1. The summed E-state index contributed by atoms with van der Waals surface area (Å²) in [6.07, 6.45) is 3.68. The van der Waals surface area contributed by atoms with E-state index in [9.17, 15) is 0 Å². The first-order valence-corrected chi connectivity index (χ1v) is 5.06. The van der Waals surface area contributed by atoms with Crippen molar-refractivity contribution in [2.45, 2.75) is 26.2 Å². The largest absolute Gasteiger partial charge is 0.398 e. The first-order chi connectivity index (χ1) is 5.70. The fourth-order valence-corrected chi connectivity index (χ4v) is 2.53. The van der Waals surface area contributed by atoms with Gasteiger partial charge in [0.15, 0.2) is 0 Å². The highest BCUT2D eigenvalue weighted by Gasteiger charge is 2.17. The average molecular weight is 226 g/mol. The number of nitrogens with two attached hydrogens (primary N) is 1. The number of halogens is 1. The van der Waals surface area contributed by atoms with E-state index in [1.165, 1.54) is 36.0 Å². The number of aryl methyl sites for hydroxylation is 1. The van der Waals surface area contributed by atoms with Gasteiger partial charge in [-0.15, -0.1) is 0 Å². The number of hydrogen-bond acceptors (Lipinski definition) is 1. The molecule has 0 atom stereocenters. The van der Waals surface area contributed by atoms with Crippen LogP contribution in [0, 0.1) is 6.92 Å². The molecular formula is C10H12BrN. The summed E-state index contributed by atoms with van der Waals surface area (Å²) in [5.41, 5.74) is 11.0. The van der Waals surface area contributed by atoms with Crippen LogP contribution in [-0.2, 0) is 12.8 Å². The molecule has 1 aliphatic rings. The first kappa shape index (κ1) is 8.11. The molecule has 0 unspecified atom stereocenters. The van der Waals surface area contributed by atoms with Crippen LogP contribution < -0.4 is 5.73 Å². The van der Waals surface area contributed by atoms with Gasteiger partial charge in [0, 0.05) is 10.2 Å². The summed E-state index contributed by atoms with van der Waals surface area (Å²) in [5.74, 6) is 0. The quantitative estimate of drug-likeness (QED) is 0.676. The van der Waals surface area contributed by atoms with Crippen LogP contribution in [-0.4, -0.2) is 0 Å². The summed E-state index contributed by atoms with van der Waals surface area (Å²) in [4.78, 5) is 0. The van der Waals surface area contributed by atoms with E-state index < -0.39 is 0 Å². The third-order valence-electron chi connectivity index (χ3n) is 2.58. The van der Waals surface area contributed by atoms with Gasteiger partial charge >= 0.3 is 0 Å². The van der Waals surface area contributed by atoms with Crippen LogP contribution in [0.3, 0.4) is 0 Å². The number of benzene rings is 1. The molecule has 0 bridgehead atoms. The number of anilines is 1. The summed E-state index contributed by atoms with van der Waals surface area (Å²) in [7, 11) is 0. The smallest absolute Gasteiger partial charge is 0.0464 e. The lowest BCUT2D eigenvalue weighted by atomic mass is 10.0. The zero-order valence-electron chi connectivity index (χ0n) is 7.15. The van der Waals surface area contributed by atoms with Gasteiger partial charge in [-0.2, -0.15) is 0 Å². The maximum absolute atomic E-state index is 5.85. The summed E-state index contributed by atoms with van der Waals surface area (Å²) in [6, 6.07) is 2.06. The molecule has 12 heavy (non-hydrogen) atoms. The monoisotopic (exact) mass is 225 g/mol. The van der Waals surface area contributed by atoms with E-state index in [2.05, 4.69) is 28.9 Å². The van der Waals surface area contributed by atoms with Crippen LogP contribution in [0.25, 0.3) is 0 Å². The summed E-state index contributed by atoms with van der Waals surface area (Å²) in [5, 5.41) is 0. The molecule has 1 nitrogen and oxygen atoms in total. The van der Waals surface area contributed by atoms with Gasteiger partial charge in [-0.3, -0.25) is 0 Å². The Labute approximate surface area is 81.1 Å². The van der Waals surface area contributed by atoms with Gasteiger partial charge in [0.05, 0.1) is 0 Å². The van der Waals surface area contributed by atoms with Crippen LogP contribution in [0.5, 0.6) is 0 Å². The Bertz CT molecular complexity index is 331. The van der Waals surface area contributed by atoms with Crippen molar-refractivity contribution in [3.63, 3.8) is 0 Å². The van der Waals surface area contributed by atoms with E-state index in [1.54, 1.807) is 0 Å². The van der Waals surface area contributed by atoms with Crippen molar-refractivity contribution < 1.29 is 0 Å². The molecule has 0 radical (unpaired) electrons. The third kappa shape index (κ3) is 1.06. The normalized spacial score (nSPS) is 14.8. The molecule has 0 aliphatic heterocycles.